The van der Waals surface area contributed by atoms with Gasteiger partial charge in [-0.05, 0) is 30.9 Å². The number of aryl methyl sites for hydroxylation is 1. The second kappa shape index (κ2) is 9.30. The highest BCUT2D eigenvalue weighted by atomic mass is 16.2. The fraction of sp³-hybridized carbons (Fsp3) is 0.579. The van der Waals surface area contributed by atoms with Crippen molar-refractivity contribution in [1.82, 2.24) is 15.5 Å². The van der Waals surface area contributed by atoms with E-state index in [4.69, 9.17) is 4.99 Å². The molecule has 1 aromatic rings. The predicted octanol–water partition coefficient (Wildman–Crippen LogP) is 2.45. The zero-order valence-corrected chi connectivity index (χ0v) is 15.1. The third-order valence-corrected chi connectivity index (χ3v) is 4.52. The lowest BCUT2D eigenvalue weighted by Crippen LogP contribution is -2.47. The first-order chi connectivity index (χ1) is 11.6. The number of nitrogens with one attached hydrogen (secondary N) is 2. The molecule has 0 bridgehead atoms. The number of nitrogens with zero attached hydrogens (tertiary/aromatic N) is 2. The van der Waals surface area contributed by atoms with Crippen molar-refractivity contribution in [2.75, 3.05) is 20.6 Å². The fourth-order valence-electron chi connectivity index (χ4n) is 2.86. The standard InChI is InChI=1S/C19H30N4O/c1-15-9-7-8-10-16(15)13-20-19(21-14-18(24)23(2)3)22-17-11-5-4-6-12-17/h7-10,17H,4-6,11-14H2,1-3H3,(H2,20,21,22). The lowest BCUT2D eigenvalue weighted by atomic mass is 9.96. The molecule has 1 aromatic carbocycles. The number of carbonyl (C=O) groups excluding carboxylic acids is 1. The molecule has 2 N–H and O–H groups in total. The summed E-state index contributed by atoms with van der Waals surface area (Å²) >= 11 is 0. The summed E-state index contributed by atoms with van der Waals surface area (Å²) in [6.45, 7) is 2.98. The molecule has 1 saturated carbocycles. The van der Waals surface area contributed by atoms with E-state index in [1.54, 1.807) is 19.0 Å². The molecular formula is C19H30N4O. The molecule has 0 heterocycles. The van der Waals surface area contributed by atoms with Gasteiger partial charge in [0.2, 0.25) is 5.91 Å². The Bertz CT molecular complexity index is 562. The van der Waals surface area contributed by atoms with Crippen molar-refractivity contribution in [3.05, 3.63) is 35.4 Å². The van der Waals surface area contributed by atoms with Crippen molar-refractivity contribution in [3.8, 4) is 0 Å². The normalized spacial score (nSPS) is 15.9. The molecule has 1 amide bonds. The van der Waals surface area contributed by atoms with Crippen molar-refractivity contribution >= 4 is 11.9 Å². The van der Waals surface area contributed by atoms with Crippen LogP contribution in [0.4, 0.5) is 0 Å². The Labute approximate surface area is 145 Å². The van der Waals surface area contributed by atoms with E-state index in [1.165, 1.54) is 43.2 Å². The van der Waals surface area contributed by atoms with Crippen LogP contribution in [0.5, 0.6) is 0 Å². The first kappa shape index (κ1) is 18.3. The minimum Gasteiger partial charge on any atom is -0.354 e. The van der Waals surface area contributed by atoms with Gasteiger partial charge in [0, 0.05) is 20.1 Å². The molecule has 1 aliphatic carbocycles. The monoisotopic (exact) mass is 330 g/mol. The van der Waals surface area contributed by atoms with Crippen molar-refractivity contribution < 1.29 is 4.79 Å². The molecule has 0 aromatic heterocycles. The maximum atomic E-state index is 11.8. The maximum Gasteiger partial charge on any atom is 0.241 e. The quantitative estimate of drug-likeness (QED) is 0.644. The Balaban J connectivity index is 2.01. The van der Waals surface area contributed by atoms with Gasteiger partial charge in [-0.25, -0.2) is 4.99 Å². The van der Waals surface area contributed by atoms with Crippen LogP contribution in [-0.2, 0) is 11.3 Å². The number of hydrogen-bond donors (Lipinski definition) is 2. The lowest BCUT2D eigenvalue weighted by Gasteiger charge is -2.25. The molecule has 5 nitrogen and oxygen atoms in total. The first-order valence-electron chi connectivity index (χ1n) is 8.86. The summed E-state index contributed by atoms with van der Waals surface area (Å²) in [6, 6.07) is 8.73. The highest BCUT2D eigenvalue weighted by Gasteiger charge is 2.15. The van der Waals surface area contributed by atoms with Crippen LogP contribution in [0.1, 0.15) is 43.2 Å². The highest BCUT2D eigenvalue weighted by molar-refractivity contribution is 5.86. The summed E-state index contributed by atoms with van der Waals surface area (Å²) in [7, 11) is 3.53. The van der Waals surface area contributed by atoms with Gasteiger partial charge in [-0.2, -0.15) is 0 Å². The van der Waals surface area contributed by atoms with Crippen LogP contribution < -0.4 is 10.6 Å². The van der Waals surface area contributed by atoms with Gasteiger partial charge in [-0.15, -0.1) is 0 Å². The van der Waals surface area contributed by atoms with Crippen LogP contribution in [0, 0.1) is 6.92 Å². The molecule has 0 saturated heterocycles. The van der Waals surface area contributed by atoms with E-state index in [2.05, 4.69) is 29.7 Å². The van der Waals surface area contributed by atoms with Gasteiger partial charge < -0.3 is 15.5 Å². The molecule has 24 heavy (non-hydrogen) atoms. The SMILES string of the molecule is Cc1ccccc1CN=C(NCC(=O)N(C)C)NC1CCCCC1. The number of rotatable bonds is 5. The number of guanidine groups is 1. The predicted molar refractivity (Wildman–Crippen MR) is 99.0 cm³/mol. The number of carbonyl (C=O) groups is 1. The van der Waals surface area contributed by atoms with Crippen molar-refractivity contribution in [3.63, 3.8) is 0 Å². The second-order valence-corrected chi connectivity index (χ2v) is 6.71. The van der Waals surface area contributed by atoms with E-state index in [1.807, 2.05) is 12.1 Å². The average Bonchev–Trinajstić information content (AvgIpc) is 2.59. The van der Waals surface area contributed by atoms with Gasteiger partial charge in [0.25, 0.3) is 0 Å². The molecule has 1 aliphatic rings. The Morgan fingerprint density at radius 1 is 1.21 bits per heavy atom. The Morgan fingerprint density at radius 3 is 2.58 bits per heavy atom. The summed E-state index contributed by atoms with van der Waals surface area (Å²) in [5, 5.41) is 6.69. The number of benzene rings is 1. The van der Waals surface area contributed by atoms with E-state index >= 15 is 0 Å². The van der Waals surface area contributed by atoms with E-state index in [9.17, 15) is 4.79 Å². The molecule has 0 aliphatic heterocycles. The van der Waals surface area contributed by atoms with Gasteiger partial charge >= 0.3 is 0 Å². The van der Waals surface area contributed by atoms with Gasteiger partial charge in [-0.1, -0.05) is 43.5 Å². The molecule has 2 rings (SSSR count). The zero-order valence-electron chi connectivity index (χ0n) is 15.1. The van der Waals surface area contributed by atoms with Crippen LogP contribution >= 0.6 is 0 Å². The van der Waals surface area contributed by atoms with Gasteiger partial charge in [0.05, 0.1) is 13.1 Å². The first-order valence-corrected chi connectivity index (χ1v) is 8.86. The van der Waals surface area contributed by atoms with E-state index in [-0.39, 0.29) is 12.5 Å². The molecule has 1 fully saturated rings. The topological polar surface area (TPSA) is 56.7 Å². The third-order valence-electron chi connectivity index (χ3n) is 4.52. The summed E-state index contributed by atoms with van der Waals surface area (Å²) in [4.78, 5) is 18.1. The van der Waals surface area contributed by atoms with Crippen LogP contribution in [0.15, 0.2) is 29.3 Å². The maximum absolute atomic E-state index is 11.8. The Morgan fingerprint density at radius 2 is 1.92 bits per heavy atom. The Kier molecular flexibility index (Phi) is 7.09. The molecule has 0 spiro atoms. The van der Waals surface area contributed by atoms with Gasteiger partial charge in [0.15, 0.2) is 5.96 Å². The van der Waals surface area contributed by atoms with Gasteiger partial charge in [-0.3, -0.25) is 4.79 Å². The second-order valence-electron chi connectivity index (χ2n) is 6.71. The molecule has 132 valence electrons. The van der Waals surface area contributed by atoms with Crippen LogP contribution in [0.3, 0.4) is 0 Å². The summed E-state index contributed by atoms with van der Waals surface area (Å²) in [5.74, 6) is 0.782. The van der Waals surface area contributed by atoms with Gasteiger partial charge in [0.1, 0.15) is 0 Å². The van der Waals surface area contributed by atoms with Crippen molar-refractivity contribution in [1.29, 1.82) is 0 Å². The van der Waals surface area contributed by atoms with Crippen LogP contribution in [-0.4, -0.2) is 43.4 Å². The average molecular weight is 330 g/mol. The molecular weight excluding hydrogens is 300 g/mol. The molecule has 0 unspecified atom stereocenters. The summed E-state index contributed by atoms with van der Waals surface area (Å²) < 4.78 is 0. The van der Waals surface area contributed by atoms with E-state index < -0.39 is 0 Å². The molecule has 5 heteroatoms. The fourth-order valence-corrected chi connectivity index (χ4v) is 2.86. The van der Waals surface area contributed by atoms with Crippen LogP contribution in [0.25, 0.3) is 0 Å². The van der Waals surface area contributed by atoms with E-state index in [0.29, 0.717) is 12.6 Å². The van der Waals surface area contributed by atoms with Crippen molar-refractivity contribution in [2.24, 2.45) is 4.99 Å². The zero-order chi connectivity index (χ0) is 17.4. The summed E-state index contributed by atoms with van der Waals surface area (Å²) in [6.07, 6.45) is 6.19. The minimum absolute atomic E-state index is 0.0454. The lowest BCUT2D eigenvalue weighted by molar-refractivity contribution is -0.127. The third kappa shape index (κ3) is 5.87. The number of amides is 1. The summed E-state index contributed by atoms with van der Waals surface area (Å²) in [5.41, 5.74) is 2.45. The number of hydrogen-bond acceptors (Lipinski definition) is 2. The minimum atomic E-state index is 0.0454. The molecule has 0 atom stereocenters. The smallest absolute Gasteiger partial charge is 0.241 e. The van der Waals surface area contributed by atoms with Crippen LogP contribution in [0.2, 0.25) is 0 Å². The number of likely N-dealkylation sites (N-methyl/N-ethyl adjacent to an activating group) is 1. The molecule has 0 radical (unpaired) electrons. The van der Waals surface area contributed by atoms with Crippen molar-refractivity contribution in [2.45, 2.75) is 51.6 Å². The number of aliphatic imine (C=N–C) groups is 1. The largest absolute Gasteiger partial charge is 0.354 e. The Hall–Kier alpha value is -2.04. The highest BCUT2D eigenvalue weighted by Crippen LogP contribution is 2.17. The van der Waals surface area contributed by atoms with E-state index in [0.717, 1.165) is 5.96 Å².